The van der Waals surface area contributed by atoms with Gasteiger partial charge in [-0.2, -0.15) is 0 Å². The van der Waals surface area contributed by atoms with Crippen LogP contribution < -0.4 is 0 Å². The van der Waals surface area contributed by atoms with Crippen LogP contribution in [0.25, 0.3) is 0 Å². The van der Waals surface area contributed by atoms with E-state index < -0.39 is 30.7 Å². The van der Waals surface area contributed by atoms with Crippen LogP contribution in [0.5, 0.6) is 0 Å². The van der Waals surface area contributed by atoms with Gasteiger partial charge in [-0.05, 0) is 12.5 Å². The quantitative estimate of drug-likeness (QED) is 0.840. The molecule has 5 atom stereocenters. The molecular weight excluding hydrogens is 248 g/mol. The van der Waals surface area contributed by atoms with Gasteiger partial charge in [-0.1, -0.05) is 30.3 Å². The molecule has 1 saturated heterocycles. The monoisotopic (exact) mass is 268 g/mol. The Labute approximate surface area is 112 Å². The van der Waals surface area contributed by atoms with E-state index in [4.69, 9.17) is 14.2 Å². The predicted molar refractivity (Wildman–Crippen MR) is 68.4 cm³/mol. The van der Waals surface area contributed by atoms with Gasteiger partial charge in [0.1, 0.15) is 18.3 Å². The van der Waals surface area contributed by atoms with E-state index in [0.717, 1.165) is 5.56 Å². The minimum atomic E-state index is -1.01. The third-order valence-corrected chi connectivity index (χ3v) is 3.30. The Balaban J connectivity index is 2.00. The number of hydrogen-bond acceptors (Lipinski definition) is 5. The zero-order valence-electron chi connectivity index (χ0n) is 11.1. The topological polar surface area (TPSA) is 68.2 Å². The first-order valence-electron chi connectivity index (χ1n) is 6.33. The molecule has 1 unspecified atom stereocenters. The highest BCUT2D eigenvalue weighted by Gasteiger charge is 2.43. The molecule has 0 amide bonds. The summed E-state index contributed by atoms with van der Waals surface area (Å²) in [5.74, 6) is 0. The van der Waals surface area contributed by atoms with Crippen LogP contribution in [0.3, 0.4) is 0 Å². The van der Waals surface area contributed by atoms with Crippen molar-refractivity contribution < 1.29 is 24.4 Å². The Morgan fingerprint density at radius 3 is 2.47 bits per heavy atom. The van der Waals surface area contributed by atoms with Gasteiger partial charge in [-0.3, -0.25) is 0 Å². The van der Waals surface area contributed by atoms with Gasteiger partial charge < -0.3 is 24.4 Å². The molecule has 2 rings (SSSR count). The largest absolute Gasteiger partial charge is 0.388 e. The van der Waals surface area contributed by atoms with Gasteiger partial charge in [0.15, 0.2) is 6.29 Å². The van der Waals surface area contributed by atoms with Gasteiger partial charge in [0.25, 0.3) is 0 Å². The minimum Gasteiger partial charge on any atom is -0.388 e. The summed E-state index contributed by atoms with van der Waals surface area (Å²) >= 11 is 0. The van der Waals surface area contributed by atoms with Crippen LogP contribution in [-0.4, -0.2) is 48.0 Å². The molecule has 0 bridgehead atoms. The van der Waals surface area contributed by atoms with Gasteiger partial charge in [0, 0.05) is 7.11 Å². The second kappa shape index (κ2) is 6.45. The van der Waals surface area contributed by atoms with Crippen molar-refractivity contribution in [2.75, 3.05) is 7.11 Å². The summed E-state index contributed by atoms with van der Waals surface area (Å²) in [7, 11) is 1.45. The molecule has 1 aromatic rings. The lowest BCUT2D eigenvalue weighted by Gasteiger charge is -2.40. The van der Waals surface area contributed by atoms with E-state index >= 15 is 0 Å². The van der Waals surface area contributed by atoms with Gasteiger partial charge >= 0.3 is 0 Å². The van der Waals surface area contributed by atoms with E-state index in [2.05, 4.69) is 0 Å². The lowest BCUT2D eigenvalue weighted by Crippen LogP contribution is -2.58. The van der Waals surface area contributed by atoms with E-state index in [-0.39, 0.29) is 0 Å². The summed E-state index contributed by atoms with van der Waals surface area (Å²) in [4.78, 5) is 0. The fraction of sp³-hybridized carbons (Fsp3) is 0.571. The fourth-order valence-electron chi connectivity index (χ4n) is 2.16. The lowest BCUT2D eigenvalue weighted by atomic mass is 9.99. The molecule has 5 heteroatoms. The van der Waals surface area contributed by atoms with Crippen LogP contribution in [0.1, 0.15) is 12.5 Å². The molecule has 0 aromatic heterocycles. The van der Waals surface area contributed by atoms with Gasteiger partial charge in [-0.15, -0.1) is 0 Å². The molecule has 1 aliphatic heterocycles. The average Bonchev–Trinajstić information content (AvgIpc) is 2.44. The normalized spacial score (nSPS) is 35.3. The highest BCUT2D eigenvalue weighted by molar-refractivity contribution is 5.13. The van der Waals surface area contributed by atoms with Gasteiger partial charge in [0.05, 0.1) is 12.7 Å². The number of ether oxygens (including phenoxy) is 3. The first-order valence-corrected chi connectivity index (χ1v) is 6.33. The van der Waals surface area contributed by atoms with Crippen molar-refractivity contribution in [1.82, 2.24) is 0 Å². The highest BCUT2D eigenvalue weighted by Crippen LogP contribution is 2.24. The second-order valence-electron chi connectivity index (χ2n) is 4.69. The molecule has 106 valence electrons. The standard InChI is InChI=1S/C14H20O5/c1-9-11(15)13(12(16)14(17-2)19-9)18-8-10-6-4-3-5-7-10/h3-7,9,11-16H,8H2,1-2H3/t9-,11-,12+,13+,14?/m0/s1. The van der Waals surface area contributed by atoms with Crippen LogP contribution in [0.2, 0.25) is 0 Å². The second-order valence-corrected chi connectivity index (χ2v) is 4.69. The van der Waals surface area contributed by atoms with E-state index in [1.54, 1.807) is 6.92 Å². The zero-order valence-corrected chi connectivity index (χ0v) is 11.1. The summed E-state index contributed by atoms with van der Waals surface area (Å²) < 4.78 is 16.0. The van der Waals surface area contributed by atoms with Crippen molar-refractivity contribution in [3.05, 3.63) is 35.9 Å². The van der Waals surface area contributed by atoms with Gasteiger partial charge in [-0.25, -0.2) is 0 Å². The van der Waals surface area contributed by atoms with E-state index in [1.807, 2.05) is 30.3 Å². The van der Waals surface area contributed by atoms with Crippen molar-refractivity contribution in [3.63, 3.8) is 0 Å². The average molecular weight is 268 g/mol. The molecule has 1 aliphatic rings. The van der Waals surface area contributed by atoms with E-state index in [9.17, 15) is 10.2 Å². The van der Waals surface area contributed by atoms with Crippen molar-refractivity contribution >= 4 is 0 Å². The van der Waals surface area contributed by atoms with Crippen LogP contribution >= 0.6 is 0 Å². The molecule has 0 radical (unpaired) electrons. The smallest absolute Gasteiger partial charge is 0.186 e. The maximum atomic E-state index is 10.1. The summed E-state index contributed by atoms with van der Waals surface area (Å²) in [5.41, 5.74) is 0.981. The van der Waals surface area contributed by atoms with Crippen LogP contribution in [0.4, 0.5) is 0 Å². The van der Waals surface area contributed by atoms with E-state index in [0.29, 0.717) is 6.61 Å². The summed E-state index contributed by atoms with van der Waals surface area (Å²) in [5, 5.41) is 20.1. The number of benzene rings is 1. The molecule has 2 N–H and O–H groups in total. The Morgan fingerprint density at radius 1 is 1.16 bits per heavy atom. The Hall–Kier alpha value is -0.980. The highest BCUT2D eigenvalue weighted by atomic mass is 16.7. The maximum Gasteiger partial charge on any atom is 0.186 e. The molecule has 0 aliphatic carbocycles. The molecule has 19 heavy (non-hydrogen) atoms. The summed E-state index contributed by atoms with van der Waals surface area (Å²) in [6, 6.07) is 9.60. The molecule has 0 spiro atoms. The van der Waals surface area contributed by atoms with Crippen molar-refractivity contribution in [3.8, 4) is 0 Å². The minimum absolute atomic E-state index is 0.322. The summed E-state index contributed by atoms with van der Waals surface area (Å²) in [6.07, 6.45) is -3.85. The summed E-state index contributed by atoms with van der Waals surface area (Å²) in [6.45, 7) is 2.05. The first-order chi connectivity index (χ1) is 9.13. The number of hydrogen-bond donors (Lipinski definition) is 2. The molecule has 5 nitrogen and oxygen atoms in total. The van der Waals surface area contributed by atoms with Crippen molar-refractivity contribution in [1.29, 1.82) is 0 Å². The molecule has 1 aromatic carbocycles. The Morgan fingerprint density at radius 2 is 1.84 bits per heavy atom. The van der Waals surface area contributed by atoms with Crippen LogP contribution in [-0.2, 0) is 20.8 Å². The number of rotatable bonds is 4. The molecule has 1 heterocycles. The lowest BCUT2D eigenvalue weighted by molar-refractivity contribution is -0.295. The molecule has 0 saturated carbocycles. The Kier molecular flexibility index (Phi) is 4.90. The van der Waals surface area contributed by atoms with E-state index in [1.165, 1.54) is 7.11 Å². The van der Waals surface area contributed by atoms with Crippen molar-refractivity contribution in [2.24, 2.45) is 0 Å². The molecular formula is C14H20O5. The SMILES string of the molecule is COC1O[C@@H](C)[C@H](O)[C@@H](OCc2ccccc2)[C@H]1O. The fourth-order valence-corrected chi connectivity index (χ4v) is 2.16. The predicted octanol–water partition coefficient (Wildman–Crippen LogP) is 0.685. The number of aliphatic hydroxyl groups is 2. The molecule has 1 fully saturated rings. The maximum absolute atomic E-state index is 10.1. The number of aliphatic hydroxyl groups excluding tert-OH is 2. The van der Waals surface area contributed by atoms with Gasteiger partial charge in [0.2, 0.25) is 0 Å². The number of methoxy groups -OCH3 is 1. The van der Waals surface area contributed by atoms with Crippen LogP contribution in [0, 0.1) is 0 Å². The third-order valence-electron chi connectivity index (χ3n) is 3.30. The third kappa shape index (κ3) is 3.32. The zero-order chi connectivity index (χ0) is 13.8. The van der Waals surface area contributed by atoms with Crippen molar-refractivity contribution in [2.45, 2.75) is 44.2 Å². The Bertz CT molecular complexity index is 383. The van der Waals surface area contributed by atoms with Crippen LogP contribution in [0.15, 0.2) is 30.3 Å². The first kappa shape index (κ1) is 14.4.